The Morgan fingerprint density at radius 3 is 2.01 bits per heavy atom. The number of fused-ring (bicyclic) bond motifs is 1. The van der Waals surface area contributed by atoms with Crippen molar-refractivity contribution < 1.29 is 38.7 Å². The number of para-hydroxylation sites is 1. The van der Waals surface area contributed by atoms with Gasteiger partial charge in [0.15, 0.2) is 11.9 Å². The number of nitrogens with two attached hydrogens (primary N) is 6. The molecule has 0 radical (unpaired) electrons. The van der Waals surface area contributed by atoms with E-state index in [0.717, 1.165) is 10.9 Å². The summed E-state index contributed by atoms with van der Waals surface area (Å²) in [7, 11) is 2.38. The van der Waals surface area contributed by atoms with Crippen molar-refractivity contribution in [3.63, 3.8) is 0 Å². The first-order chi connectivity index (χ1) is 33.2. The molecule has 8 atom stereocenters. The topological polar surface area (TPSA) is 409 Å². The van der Waals surface area contributed by atoms with Crippen molar-refractivity contribution in [2.24, 2.45) is 44.4 Å². The average Bonchev–Trinajstić information content (AvgIpc) is 3.71. The van der Waals surface area contributed by atoms with Gasteiger partial charge in [0.25, 0.3) is 0 Å². The van der Waals surface area contributed by atoms with Crippen LogP contribution in [0.5, 0.6) is 0 Å². The summed E-state index contributed by atoms with van der Waals surface area (Å²) in [5.74, 6) is -5.94. The van der Waals surface area contributed by atoms with E-state index in [2.05, 4.69) is 46.9 Å². The van der Waals surface area contributed by atoms with Gasteiger partial charge in [-0.1, -0.05) is 70.1 Å². The van der Waals surface area contributed by atoms with Crippen LogP contribution in [0.4, 0.5) is 0 Å². The molecule has 382 valence electrons. The van der Waals surface area contributed by atoms with E-state index in [9.17, 15) is 38.7 Å². The quantitative estimate of drug-likeness (QED) is 0.0311. The molecule has 0 saturated carbocycles. The zero-order valence-corrected chi connectivity index (χ0v) is 41.1. The first-order valence-corrected chi connectivity index (χ1v) is 25.0. The van der Waals surface area contributed by atoms with Gasteiger partial charge in [0.05, 0.1) is 12.1 Å². The molecule has 70 heavy (non-hydrogen) atoms. The van der Waals surface area contributed by atoms with Crippen LogP contribution in [0.3, 0.4) is 0 Å². The summed E-state index contributed by atoms with van der Waals surface area (Å²) >= 11 is 0. The van der Waals surface area contributed by atoms with Gasteiger partial charge < -0.3 is 76.4 Å². The standard InChI is InChI=1S/C45H67N15O8S2/c1-24(61)34-42(68)58-32(21-25-11-5-4-6-12-25)40(66)56-30(16-10-19-53-44(50)51)38(64)57-33(22-26-23-54-29-15-8-7-13-27(26)29)41(67)60-35(36(47)62)45(2,3)70-69-20-17-31(39(65)59-34)55-37(63)28(46)14-9-18-52-43(48)49/h4-8,11-13,15,23-24,28,30-35,54,61H,9-10,14,16-22,46H2,1-3H3,(H2,47,62)(H,55,63)(H,56,66)(H,57,64)(H,58,68)(H,59,65)(H,60,67)(H4,48,49,52)(H4,50,51,53)/t24-,28-,30+,31+,32-,33+,34+,35-/m1/s1. The molecule has 4 rings (SSSR count). The van der Waals surface area contributed by atoms with E-state index in [-0.39, 0.29) is 69.3 Å². The molecular weight excluding hydrogens is 943 g/mol. The minimum absolute atomic E-state index is 0.0455. The fraction of sp³-hybridized carbons (Fsp3) is 0.489. The van der Waals surface area contributed by atoms with Crippen LogP contribution in [-0.4, -0.2) is 135 Å². The highest BCUT2D eigenvalue weighted by Crippen LogP contribution is 2.39. The maximum atomic E-state index is 14.5. The number of guanidine groups is 2. The van der Waals surface area contributed by atoms with Gasteiger partial charge in [-0.15, -0.1) is 0 Å². The maximum Gasteiger partial charge on any atom is 0.245 e. The zero-order valence-electron chi connectivity index (χ0n) is 39.4. The molecule has 1 fully saturated rings. The number of H-pyrrole nitrogens is 1. The predicted octanol–water partition coefficient (Wildman–Crippen LogP) is -2.27. The van der Waals surface area contributed by atoms with Gasteiger partial charge in [-0.2, -0.15) is 0 Å². The summed E-state index contributed by atoms with van der Waals surface area (Å²) in [5, 5.41) is 27.8. The van der Waals surface area contributed by atoms with E-state index in [0.29, 0.717) is 17.5 Å². The smallest absolute Gasteiger partial charge is 0.245 e. The fourth-order valence-electron chi connectivity index (χ4n) is 7.46. The molecule has 23 nitrogen and oxygen atoms in total. The zero-order chi connectivity index (χ0) is 51.5. The van der Waals surface area contributed by atoms with Gasteiger partial charge in [-0.25, -0.2) is 0 Å². The number of hydrogen-bond acceptors (Lipinski definition) is 13. The highest BCUT2D eigenvalue weighted by molar-refractivity contribution is 8.77. The van der Waals surface area contributed by atoms with Crippen molar-refractivity contribution in [3.8, 4) is 0 Å². The van der Waals surface area contributed by atoms with Gasteiger partial charge in [-0.05, 0) is 70.1 Å². The molecule has 1 saturated heterocycles. The van der Waals surface area contributed by atoms with Crippen molar-refractivity contribution >= 4 is 85.8 Å². The monoisotopic (exact) mass is 1010 g/mol. The molecule has 0 unspecified atom stereocenters. The van der Waals surface area contributed by atoms with E-state index in [1.54, 1.807) is 50.4 Å². The third kappa shape index (κ3) is 17.4. The molecule has 20 N–H and O–H groups in total. The van der Waals surface area contributed by atoms with Gasteiger partial charge in [0.2, 0.25) is 41.4 Å². The molecular formula is C45H67N15O8S2. The number of nitrogens with one attached hydrogen (secondary N) is 7. The Bertz CT molecular complexity index is 2340. The third-order valence-electron chi connectivity index (χ3n) is 11.3. The summed E-state index contributed by atoms with van der Waals surface area (Å²) in [6.07, 6.45) is 0.589. The summed E-state index contributed by atoms with van der Waals surface area (Å²) in [5.41, 5.74) is 36.1. The minimum atomic E-state index is -1.65. The number of aliphatic hydroxyl groups is 1. The van der Waals surface area contributed by atoms with Crippen LogP contribution < -0.4 is 66.3 Å². The molecule has 2 heterocycles. The number of aliphatic hydroxyl groups excluding tert-OH is 1. The number of benzene rings is 2. The second-order valence-electron chi connectivity index (χ2n) is 17.4. The fourth-order valence-corrected chi connectivity index (χ4v) is 10.2. The summed E-state index contributed by atoms with van der Waals surface area (Å²) in [6.45, 7) is 4.89. The number of amides is 7. The normalized spacial score (nSPS) is 22.8. The Morgan fingerprint density at radius 1 is 0.771 bits per heavy atom. The summed E-state index contributed by atoms with van der Waals surface area (Å²) < 4.78 is -1.12. The number of carbonyl (C=O) groups is 7. The Balaban J connectivity index is 1.78. The number of carbonyl (C=O) groups excluding carboxylic acids is 7. The third-order valence-corrected chi connectivity index (χ3v) is 14.6. The molecule has 1 aliphatic heterocycles. The molecule has 1 aromatic heterocycles. The Kier molecular flexibility index (Phi) is 21.6. The number of nitrogens with zero attached hydrogens (tertiary/aromatic N) is 2. The van der Waals surface area contributed by atoms with Crippen molar-refractivity contribution in [2.45, 2.75) is 119 Å². The van der Waals surface area contributed by atoms with Crippen LogP contribution in [0, 0.1) is 0 Å². The van der Waals surface area contributed by atoms with Crippen molar-refractivity contribution in [3.05, 3.63) is 71.9 Å². The molecule has 0 spiro atoms. The molecule has 3 aromatic rings. The van der Waals surface area contributed by atoms with E-state index >= 15 is 0 Å². The highest BCUT2D eigenvalue weighted by Gasteiger charge is 2.40. The maximum absolute atomic E-state index is 14.5. The van der Waals surface area contributed by atoms with Crippen LogP contribution in [0.15, 0.2) is 70.8 Å². The van der Waals surface area contributed by atoms with Crippen LogP contribution >= 0.6 is 21.6 Å². The first kappa shape index (κ1) is 56.0. The van der Waals surface area contributed by atoms with Crippen molar-refractivity contribution in [1.82, 2.24) is 36.9 Å². The van der Waals surface area contributed by atoms with Crippen LogP contribution in [0.2, 0.25) is 0 Å². The molecule has 1 aliphatic rings. The number of aliphatic imine (C=N–C) groups is 2. The second kappa shape index (κ2) is 27.0. The number of hydrogen-bond donors (Lipinski definition) is 14. The van der Waals surface area contributed by atoms with Gasteiger partial charge in [0, 0.05) is 53.5 Å². The molecule has 0 aliphatic carbocycles. The van der Waals surface area contributed by atoms with Crippen LogP contribution in [-0.2, 0) is 46.4 Å². The van der Waals surface area contributed by atoms with Crippen molar-refractivity contribution in [1.29, 1.82) is 0 Å². The lowest BCUT2D eigenvalue weighted by molar-refractivity contribution is -0.136. The average molecular weight is 1010 g/mol. The Hall–Kier alpha value is -6.57. The number of primary amides is 1. The van der Waals surface area contributed by atoms with Crippen LogP contribution in [0.1, 0.15) is 64.0 Å². The molecule has 2 aromatic carbocycles. The highest BCUT2D eigenvalue weighted by atomic mass is 33.1. The largest absolute Gasteiger partial charge is 0.391 e. The number of aromatic nitrogens is 1. The first-order valence-electron chi connectivity index (χ1n) is 22.7. The lowest BCUT2D eigenvalue weighted by atomic mass is 9.99. The molecule has 0 bridgehead atoms. The number of aromatic amines is 1. The van der Waals surface area contributed by atoms with Crippen molar-refractivity contribution in [2.75, 3.05) is 18.8 Å². The molecule has 25 heteroatoms. The second-order valence-corrected chi connectivity index (χ2v) is 20.4. The van der Waals surface area contributed by atoms with E-state index in [4.69, 9.17) is 34.4 Å². The van der Waals surface area contributed by atoms with E-state index < -0.39 is 94.5 Å². The minimum Gasteiger partial charge on any atom is -0.391 e. The van der Waals surface area contributed by atoms with Gasteiger partial charge in [0.1, 0.15) is 36.3 Å². The number of rotatable bonds is 16. The predicted molar refractivity (Wildman–Crippen MR) is 271 cm³/mol. The Morgan fingerprint density at radius 2 is 1.36 bits per heavy atom. The summed E-state index contributed by atoms with van der Waals surface area (Å²) in [4.78, 5) is 109. The SMILES string of the molecule is C[C@@H](O)[C@@H]1NC(=O)[C@@H](NC(=O)[C@H](N)CCCN=C(N)N)CCSSC(C)(C)[C@@H](C(N)=O)NC(=O)[C@H](Cc2c[nH]c3ccccc23)NC(=O)[C@H](CCCN=C(N)N)NC(=O)[C@@H](Cc2ccccc2)NC1=O. The lowest BCUT2D eigenvalue weighted by Gasteiger charge is -2.33. The van der Waals surface area contributed by atoms with Gasteiger partial charge in [-0.3, -0.25) is 43.5 Å². The van der Waals surface area contributed by atoms with Crippen LogP contribution in [0.25, 0.3) is 10.9 Å². The molecule has 7 amide bonds. The van der Waals surface area contributed by atoms with E-state index in [1.807, 2.05) is 24.3 Å². The summed E-state index contributed by atoms with van der Waals surface area (Å²) in [6, 6.07) is 6.54. The van der Waals surface area contributed by atoms with Gasteiger partial charge >= 0.3 is 0 Å². The Labute approximate surface area is 413 Å². The lowest BCUT2D eigenvalue weighted by Crippen LogP contribution is -2.62. The van der Waals surface area contributed by atoms with E-state index in [1.165, 1.54) is 28.5 Å².